The van der Waals surface area contributed by atoms with E-state index in [1.807, 2.05) is 60.7 Å². The van der Waals surface area contributed by atoms with Gasteiger partial charge in [0.1, 0.15) is 12.1 Å². The number of rotatable bonds is 9. The van der Waals surface area contributed by atoms with E-state index in [1.54, 1.807) is 11.8 Å². The summed E-state index contributed by atoms with van der Waals surface area (Å²) >= 11 is 0. The van der Waals surface area contributed by atoms with Crippen LogP contribution >= 0.6 is 12.4 Å². The van der Waals surface area contributed by atoms with Crippen molar-refractivity contribution in [2.45, 2.75) is 69.2 Å². The van der Waals surface area contributed by atoms with Gasteiger partial charge in [-0.15, -0.1) is 12.4 Å². The van der Waals surface area contributed by atoms with E-state index in [2.05, 4.69) is 16.0 Å². The summed E-state index contributed by atoms with van der Waals surface area (Å²) < 4.78 is 0. The molecule has 10 nitrogen and oxygen atoms in total. The van der Waals surface area contributed by atoms with E-state index < -0.39 is 30.1 Å². The number of nitrogens with two attached hydrogens (primary N) is 2. The Morgan fingerprint density at radius 3 is 2.08 bits per heavy atom. The molecule has 2 heterocycles. The summed E-state index contributed by atoms with van der Waals surface area (Å²) in [6.45, 7) is 1.92. The van der Waals surface area contributed by atoms with Gasteiger partial charge in [0.25, 0.3) is 0 Å². The van der Waals surface area contributed by atoms with Gasteiger partial charge in [0, 0.05) is 18.5 Å². The molecule has 0 radical (unpaired) electrons. The molecule has 2 saturated heterocycles. The fraction of sp³-hybridized carbons (Fsp3) is 0.448. The Kier molecular flexibility index (Phi) is 10.9. The Morgan fingerprint density at radius 1 is 0.950 bits per heavy atom. The minimum absolute atomic E-state index is 0. The Bertz CT molecular complexity index is 1130. The van der Waals surface area contributed by atoms with Crippen LogP contribution in [0, 0.1) is 5.92 Å². The minimum atomic E-state index is -0.931. The minimum Gasteiger partial charge on any atom is -0.352 e. The standard InChI is InChI=1S/C29H38N6O4.ClH/c1-2-22(30)26(36)34-25-20(17-32-29(31)39)13-14-21-15-16-23(35(21)28(25)38)27(37)33-24(18-9-5-3-6-10-18)19-11-7-4-8-12-19;/h3-12,20-25H,2,13-17,30H2,1H3,(H,33,37)(H,34,36)(H3,31,32,39);1H/t20-,21+,22+,23+,25+;/m1./s1. The lowest BCUT2D eigenvalue weighted by Crippen LogP contribution is -2.59. The fourth-order valence-electron chi connectivity index (χ4n) is 5.66. The third-order valence-corrected chi connectivity index (χ3v) is 7.83. The quantitative estimate of drug-likeness (QED) is 0.311. The van der Waals surface area contributed by atoms with Crippen molar-refractivity contribution in [2.75, 3.05) is 6.54 Å². The number of urea groups is 1. The summed E-state index contributed by atoms with van der Waals surface area (Å²) in [5.41, 5.74) is 13.1. The predicted octanol–water partition coefficient (Wildman–Crippen LogP) is 1.97. The summed E-state index contributed by atoms with van der Waals surface area (Å²) in [7, 11) is 0. The molecule has 2 aliphatic rings. The van der Waals surface area contributed by atoms with Crippen molar-refractivity contribution < 1.29 is 19.2 Å². The molecule has 2 fully saturated rings. The molecule has 2 aliphatic heterocycles. The molecule has 0 aromatic heterocycles. The largest absolute Gasteiger partial charge is 0.352 e. The molecule has 216 valence electrons. The fourth-order valence-corrected chi connectivity index (χ4v) is 5.66. The van der Waals surface area contributed by atoms with E-state index in [9.17, 15) is 19.2 Å². The molecule has 0 unspecified atom stereocenters. The maximum Gasteiger partial charge on any atom is 0.312 e. The SMILES string of the molecule is CC[C@H](N)C(=O)N[C@@H]1C(=O)N2[C@@H](CC[C@@H]1CNC(N)=O)CC[C@H]2C(=O)NC(c1ccccc1)c1ccccc1.Cl. The van der Waals surface area contributed by atoms with Gasteiger partial charge in [0.05, 0.1) is 12.1 Å². The molecule has 5 amide bonds. The molecule has 0 spiro atoms. The van der Waals surface area contributed by atoms with Crippen molar-refractivity contribution in [2.24, 2.45) is 17.4 Å². The second kappa shape index (κ2) is 14.1. The summed E-state index contributed by atoms with van der Waals surface area (Å²) in [6.07, 6.45) is 2.83. The zero-order valence-corrected chi connectivity index (χ0v) is 23.4. The lowest BCUT2D eigenvalue weighted by molar-refractivity contribution is -0.143. The van der Waals surface area contributed by atoms with Crippen LogP contribution in [-0.2, 0) is 14.4 Å². The molecule has 40 heavy (non-hydrogen) atoms. The van der Waals surface area contributed by atoms with Crippen LogP contribution in [0.4, 0.5) is 4.79 Å². The van der Waals surface area contributed by atoms with E-state index in [-0.39, 0.29) is 48.8 Å². The van der Waals surface area contributed by atoms with Crippen LogP contribution in [0.2, 0.25) is 0 Å². The van der Waals surface area contributed by atoms with Crippen LogP contribution in [0.1, 0.15) is 56.2 Å². The molecular formula is C29H39ClN6O4. The molecule has 2 aromatic rings. The van der Waals surface area contributed by atoms with Crippen LogP contribution in [0.5, 0.6) is 0 Å². The molecule has 11 heteroatoms. The monoisotopic (exact) mass is 570 g/mol. The molecular weight excluding hydrogens is 532 g/mol. The Hall–Kier alpha value is -3.63. The zero-order valence-electron chi connectivity index (χ0n) is 22.6. The first-order valence-electron chi connectivity index (χ1n) is 13.6. The van der Waals surface area contributed by atoms with Crippen LogP contribution in [-0.4, -0.2) is 59.4 Å². The van der Waals surface area contributed by atoms with Crippen molar-refractivity contribution >= 4 is 36.2 Å². The van der Waals surface area contributed by atoms with Crippen LogP contribution < -0.4 is 27.4 Å². The first kappa shape index (κ1) is 30.9. The second-order valence-corrected chi connectivity index (χ2v) is 10.3. The predicted molar refractivity (Wildman–Crippen MR) is 154 cm³/mol. The van der Waals surface area contributed by atoms with Gasteiger partial charge >= 0.3 is 6.03 Å². The number of hydrogen-bond donors (Lipinski definition) is 5. The lowest BCUT2D eigenvalue weighted by atomic mass is 9.92. The van der Waals surface area contributed by atoms with Gasteiger partial charge < -0.3 is 32.3 Å². The summed E-state index contributed by atoms with van der Waals surface area (Å²) in [5.74, 6) is -1.40. The number of hydrogen-bond acceptors (Lipinski definition) is 5. The van der Waals surface area contributed by atoms with E-state index in [4.69, 9.17) is 11.5 Å². The maximum atomic E-state index is 14.0. The van der Waals surface area contributed by atoms with Gasteiger partial charge in [0.2, 0.25) is 17.7 Å². The summed E-state index contributed by atoms with van der Waals surface area (Å²) in [6, 6.07) is 15.8. The van der Waals surface area contributed by atoms with Crippen molar-refractivity contribution in [3.63, 3.8) is 0 Å². The average Bonchev–Trinajstić information content (AvgIpc) is 3.33. The van der Waals surface area contributed by atoms with Crippen molar-refractivity contribution in [3.8, 4) is 0 Å². The number of nitrogens with zero attached hydrogens (tertiary/aromatic N) is 1. The number of primary amides is 1. The number of amides is 5. The van der Waals surface area contributed by atoms with Gasteiger partial charge in [-0.3, -0.25) is 14.4 Å². The summed E-state index contributed by atoms with van der Waals surface area (Å²) in [5, 5.41) is 8.58. The second-order valence-electron chi connectivity index (χ2n) is 10.3. The molecule has 0 bridgehead atoms. The molecule has 7 N–H and O–H groups in total. The van der Waals surface area contributed by atoms with E-state index in [0.717, 1.165) is 11.1 Å². The highest BCUT2D eigenvalue weighted by atomic mass is 35.5. The maximum absolute atomic E-state index is 14.0. The zero-order chi connectivity index (χ0) is 27.9. The van der Waals surface area contributed by atoms with Gasteiger partial charge in [-0.1, -0.05) is 67.6 Å². The van der Waals surface area contributed by atoms with E-state index >= 15 is 0 Å². The number of nitrogens with one attached hydrogen (secondary N) is 3. The topological polar surface area (TPSA) is 160 Å². The van der Waals surface area contributed by atoms with E-state index in [0.29, 0.717) is 32.1 Å². The Balaban J connectivity index is 0.00000441. The Labute approximate surface area is 241 Å². The third kappa shape index (κ3) is 7.11. The van der Waals surface area contributed by atoms with Gasteiger partial charge in [0.15, 0.2) is 0 Å². The first-order valence-corrected chi connectivity index (χ1v) is 13.6. The molecule has 4 rings (SSSR count). The van der Waals surface area contributed by atoms with Crippen molar-refractivity contribution in [1.82, 2.24) is 20.9 Å². The van der Waals surface area contributed by atoms with E-state index in [1.165, 1.54) is 0 Å². The smallest absolute Gasteiger partial charge is 0.312 e. The van der Waals surface area contributed by atoms with Crippen molar-refractivity contribution in [1.29, 1.82) is 0 Å². The van der Waals surface area contributed by atoms with Gasteiger partial charge in [-0.2, -0.15) is 0 Å². The normalized spacial score (nSPS) is 22.9. The highest BCUT2D eigenvalue weighted by molar-refractivity contribution is 5.94. The van der Waals surface area contributed by atoms with Crippen LogP contribution in [0.3, 0.4) is 0 Å². The molecule has 0 aliphatic carbocycles. The lowest BCUT2D eigenvalue weighted by Gasteiger charge is -2.33. The number of carbonyl (C=O) groups is 4. The Morgan fingerprint density at radius 2 is 1.52 bits per heavy atom. The van der Waals surface area contributed by atoms with Crippen LogP contribution in [0.15, 0.2) is 60.7 Å². The van der Waals surface area contributed by atoms with Gasteiger partial charge in [-0.05, 0) is 43.2 Å². The highest BCUT2D eigenvalue weighted by Crippen LogP contribution is 2.34. The number of halogens is 1. The number of fused-ring (bicyclic) bond motifs is 1. The molecule has 2 aromatic carbocycles. The highest BCUT2D eigenvalue weighted by Gasteiger charge is 2.48. The molecule has 5 atom stereocenters. The third-order valence-electron chi connectivity index (χ3n) is 7.83. The van der Waals surface area contributed by atoms with Crippen molar-refractivity contribution in [3.05, 3.63) is 71.8 Å². The van der Waals surface area contributed by atoms with Gasteiger partial charge in [-0.25, -0.2) is 4.79 Å². The van der Waals surface area contributed by atoms with Crippen LogP contribution in [0.25, 0.3) is 0 Å². The average molecular weight is 571 g/mol. The summed E-state index contributed by atoms with van der Waals surface area (Å²) in [4.78, 5) is 53.6. The number of carbonyl (C=O) groups excluding carboxylic acids is 4. The molecule has 0 saturated carbocycles. The first-order chi connectivity index (χ1) is 18.8. The number of benzene rings is 2.